The smallest absolute Gasteiger partial charge is 0.335 e. The molecule has 0 heterocycles. The Bertz CT molecular complexity index is 760. The van der Waals surface area contributed by atoms with Crippen molar-refractivity contribution in [3.05, 3.63) is 71.3 Å². The Hall–Kier alpha value is -2.86. The van der Waals surface area contributed by atoms with Crippen molar-refractivity contribution in [2.45, 2.75) is 32.9 Å². The molecule has 144 valence electrons. The van der Waals surface area contributed by atoms with E-state index in [1.54, 1.807) is 19.1 Å². The van der Waals surface area contributed by atoms with Crippen LogP contribution < -0.4 is 10.6 Å². The number of carboxylic acid groups (broad SMARTS) is 1. The quantitative estimate of drug-likeness (QED) is 0.574. The largest absolute Gasteiger partial charge is 0.478 e. The fourth-order valence-corrected chi connectivity index (χ4v) is 2.71. The van der Waals surface area contributed by atoms with Crippen molar-refractivity contribution in [3.8, 4) is 0 Å². The van der Waals surface area contributed by atoms with E-state index in [0.717, 1.165) is 11.1 Å². The van der Waals surface area contributed by atoms with Crippen LogP contribution in [0.3, 0.4) is 0 Å². The minimum absolute atomic E-state index is 0.205. The van der Waals surface area contributed by atoms with Gasteiger partial charge in [-0.1, -0.05) is 49.4 Å². The van der Waals surface area contributed by atoms with E-state index in [-0.39, 0.29) is 18.1 Å². The third-order valence-corrected chi connectivity index (χ3v) is 4.77. The summed E-state index contributed by atoms with van der Waals surface area (Å²) >= 11 is 0. The van der Waals surface area contributed by atoms with Gasteiger partial charge in [-0.2, -0.15) is 0 Å². The van der Waals surface area contributed by atoms with Gasteiger partial charge in [0.1, 0.15) is 0 Å². The van der Waals surface area contributed by atoms with E-state index in [1.165, 1.54) is 12.1 Å². The van der Waals surface area contributed by atoms with Gasteiger partial charge in [0.25, 0.3) is 0 Å². The first-order valence-corrected chi connectivity index (χ1v) is 8.86. The normalized spacial score (nSPS) is 14.0. The summed E-state index contributed by atoms with van der Waals surface area (Å²) in [5.74, 6) is -0.983. The highest BCUT2D eigenvalue weighted by Crippen LogP contribution is 2.26. The second kappa shape index (κ2) is 9.19. The first-order chi connectivity index (χ1) is 12.8. The maximum atomic E-state index is 12.1. The van der Waals surface area contributed by atoms with Crippen molar-refractivity contribution in [3.63, 3.8) is 0 Å². The third-order valence-electron chi connectivity index (χ3n) is 4.77. The van der Waals surface area contributed by atoms with Crippen LogP contribution in [0.5, 0.6) is 0 Å². The number of aliphatic hydroxyl groups is 1. The van der Waals surface area contributed by atoms with Gasteiger partial charge in [0, 0.05) is 18.5 Å². The molecule has 0 bridgehead atoms. The lowest BCUT2D eigenvalue weighted by Gasteiger charge is -2.33. The molecule has 0 aliphatic rings. The van der Waals surface area contributed by atoms with E-state index in [1.807, 2.05) is 37.3 Å². The number of carboxylic acids is 1. The van der Waals surface area contributed by atoms with Crippen LogP contribution in [0.2, 0.25) is 0 Å². The molecule has 2 unspecified atom stereocenters. The summed E-state index contributed by atoms with van der Waals surface area (Å²) in [6, 6.07) is 15.8. The number of aromatic carboxylic acids is 1. The standard InChI is InChI=1S/C21H26N2O4/c1-15(24)21(2,12-16-6-4-3-5-7-16)14-23-20(27)22-13-17-8-10-18(11-9-17)19(25)26/h3-11,15,24H,12-14H2,1-2H3,(H,25,26)(H2,22,23,27). The summed E-state index contributed by atoms with van der Waals surface area (Å²) in [6.07, 6.45) is 0.0455. The molecule has 0 fully saturated rings. The minimum Gasteiger partial charge on any atom is -0.478 e. The molecule has 0 aromatic heterocycles. The summed E-state index contributed by atoms with van der Waals surface area (Å²) in [6.45, 7) is 4.28. The van der Waals surface area contributed by atoms with E-state index >= 15 is 0 Å². The van der Waals surface area contributed by atoms with Crippen LogP contribution in [0.25, 0.3) is 0 Å². The maximum Gasteiger partial charge on any atom is 0.335 e. The van der Waals surface area contributed by atoms with Crippen molar-refractivity contribution in [2.24, 2.45) is 5.41 Å². The fourth-order valence-electron chi connectivity index (χ4n) is 2.71. The van der Waals surface area contributed by atoms with Crippen molar-refractivity contribution in [1.29, 1.82) is 0 Å². The Morgan fingerprint density at radius 2 is 1.63 bits per heavy atom. The molecule has 6 heteroatoms. The molecule has 0 aliphatic carbocycles. The molecular formula is C21H26N2O4. The van der Waals surface area contributed by atoms with E-state index in [2.05, 4.69) is 10.6 Å². The molecule has 0 aliphatic heterocycles. The number of benzene rings is 2. The zero-order valence-corrected chi connectivity index (χ0v) is 15.6. The molecule has 2 rings (SSSR count). The molecular weight excluding hydrogens is 344 g/mol. The van der Waals surface area contributed by atoms with Gasteiger partial charge in [-0.3, -0.25) is 0 Å². The number of amides is 2. The highest BCUT2D eigenvalue weighted by Gasteiger charge is 2.30. The van der Waals surface area contributed by atoms with Crippen LogP contribution in [-0.2, 0) is 13.0 Å². The summed E-state index contributed by atoms with van der Waals surface area (Å²) in [5.41, 5.74) is 1.61. The zero-order chi connectivity index (χ0) is 19.9. The molecule has 0 saturated carbocycles. The number of hydrogen-bond acceptors (Lipinski definition) is 3. The molecule has 0 saturated heterocycles. The number of carbonyl (C=O) groups excluding carboxylic acids is 1. The lowest BCUT2D eigenvalue weighted by molar-refractivity contribution is 0.0540. The van der Waals surface area contributed by atoms with E-state index < -0.39 is 17.5 Å². The predicted molar refractivity (Wildman–Crippen MR) is 104 cm³/mol. The van der Waals surface area contributed by atoms with E-state index in [9.17, 15) is 14.7 Å². The molecule has 27 heavy (non-hydrogen) atoms. The molecule has 6 nitrogen and oxygen atoms in total. The zero-order valence-electron chi connectivity index (χ0n) is 15.6. The van der Waals surface area contributed by atoms with Crippen LogP contribution >= 0.6 is 0 Å². The Labute approximate surface area is 159 Å². The van der Waals surface area contributed by atoms with Crippen LogP contribution in [0.4, 0.5) is 4.79 Å². The van der Waals surface area contributed by atoms with Crippen LogP contribution in [0, 0.1) is 5.41 Å². The first-order valence-electron chi connectivity index (χ1n) is 8.86. The molecule has 2 aromatic carbocycles. The van der Waals surface area contributed by atoms with Gasteiger partial charge in [-0.15, -0.1) is 0 Å². The second-order valence-corrected chi connectivity index (χ2v) is 7.03. The Balaban J connectivity index is 1.87. The second-order valence-electron chi connectivity index (χ2n) is 7.03. The molecule has 2 aromatic rings. The van der Waals surface area contributed by atoms with Gasteiger partial charge < -0.3 is 20.8 Å². The number of nitrogens with one attached hydrogen (secondary N) is 2. The molecule has 4 N–H and O–H groups in total. The minimum atomic E-state index is -0.983. The van der Waals surface area contributed by atoms with Gasteiger partial charge in [0.15, 0.2) is 0 Å². The van der Waals surface area contributed by atoms with Crippen LogP contribution in [-0.4, -0.2) is 34.9 Å². The average Bonchev–Trinajstić information content (AvgIpc) is 2.65. The summed E-state index contributed by atoms with van der Waals surface area (Å²) in [5, 5.41) is 24.7. The number of rotatable bonds is 8. The van der Waals surface area contributed by atoms with Crippen LogP contribution in [0.15, 0.2) is 54.6 Å². The monoisotopic (exact) mass is 370 g/mol. The van der Waals surface area contributed by atoms with Gasteiger partial charge in [-0.05, 0) is 36.6 Å². The van der Waals surface area contributed by atoms with Gasteiger partial charge >= 0.3 is 12.0 Å². The van der Waals surface area contributed by atoms with Crippen LogP contribution in [0.1, 0.15) is 35.3 Å². The molecule has 0 spiro atoms. The molecule has 0 radical (unpaired) electrons. The van der Waals surface area contributed by atoms with Gasteiger partial charge in [0.2, 0.25) is 0 Å². The number of aliphatic hydroxyl groups excluding tert-OH is 1. The lowest BCUT2D eigenvalue weighted by Crippen LogP contribution is -2.46. The maximum absolute atomic E-state index is 12.1. The highest BCUT2D eigenvalue weighted by atomic mass is 16.4. The first kappa shape index (κ1) is 20.5. The van der Waals surface area contributed by atoms with Crippen molar-refractivity contribution in [2.75, 3.05) is 6.54 Å². The van der Waals surface area contributed by atoms with Crippen molar-refractivity contribution < 1.29 is 19.8 Å². The molecule has 2 atom stereocenters. The van der Waals surface area contributed by atoms with Gasteiger partial charge in [0.05, 0.1) is 11.7 Å². The predicted octanol–water partition coefficient (Wildman–Crippen LogP) is 2.81. The van der Waals surface area contributed by atoms with Gasteiger partial charge in [-0.25, -0.2) is 9.59 Å². The topological polar surface area (TPSA) is 98.7 Å². The fraction of sp³-hybridized carbons (Fsp3) is 0.333. The summed E-state index contributed by atoms with van der Waals surface area (Å²) in [7, 11) is 0. The SMILES string of the molecule is CC(O)C(C)(CNC(=O)NCc1ccc(C(=O)O)cc1)Cc1ccccc1. The number of urea groups is 1. The Morgan fingerprint density at radius 1 is 1.00 bits per heavy atom. The average molecular weight is 370 g/mol. The third kappa shape index (κ3) is 6.11. The van der Waals surface area contributed by atoms with E-state index in [0.29, 0.717) is 13.0 Å². The number of hydrogen-bond donors (Lipinski definition) is 4. The summed E-state index contributed by atoms with van der Waals surface area (Å²) < 4.78 is 0. The Morgan fingerprint density at radius 3 is 2.19 bits per heavy atom. The lowest BCUT2D eigenvalue weighted by atomic mass is 9.79. The van der Waals surface area contributed by atoms with Crippen molar-refractivity contribution >= 4 is 12.0 Å². The summed E-state index contributed by atoms with van der Waals surface area (Å²) in [4.78, 5) is 23.0. The molecule has 2 amide bonds. The number of carbonyl (C=O) groups is 2. The van der Waals surface area contributed by atoms with Crippen molar-refractivity contribution in [1.82, 2.24) is 10.6 Å². The highest BCUT2D eigenvalue weighted by molar-refractivity contribution is 5.87. The van der Waals surface area contributed by atoms with E-state index in [4.69, 9.17) is 5.11 Å². The Kier molecular flexibility index (Phi) is 6.96.